The van der Waals surface area contributed by atoms with Gasteiger partial charge in [0.1, 0.15) is 0 Å². The molecule has 0 atom stereocenters. The summed E-state index contributed by atoms with van der Waals surface area (Å²) in [6.45, 7) is 2.00. The molecule has 4 heteroatoms. The highest BCUT2D eigenvalue weighted by molar-refractivity contribution is 9.11. The molecule has 0 heterocycles. The Morgan fingerprint density at radius 2 is 2.45 bits per heavy atom. The van der Waals surface area contributed by atoms with E-state index in [1.165, 1.54) is 0 Å². The maximum Gasteiger partial charge on any atom is 0.264 e. The number of rotatable bonds is 2. The second-order valence-electron chi connectivity index (χ2n) is 2.38. The number of hydrogen-bond donors (Lipinski definition) is 0. The summed E-state index contributed by atoms with van der Waals surface area (Å²) in [7, 11) is 0. The van der Waals surface area contributed by atoms with Crippen molar-refractivity contribution in [3.63, 3.8) is 0 Å². The quantitative estimate of drug-likeness (QED) is 0.528. The number of nitro groups is 1. The first kappa shape index (κ1) is 8.46. The first-order valence-electron chi connectivity index (χ1n) is 3.37. The summed E-state index contributed by atoms with van der Waals surface area (Å²) in [5.41, 5.74) is 1.39. The van der Waals surface area contributed by atoms with Gasteiger partial charge in [-0.25, -0.2) is 0 Å². The Morgan fingerprint density at radius 1 is 1.82 bits per heavy atom. The minimum atomic E-state index is -0.330. The predicted octanol–water partition coefficient (Wildman–Crippen LogP) is 2.61. The number of nitrogens with zero attached hydrogens (tertiary/aromatic N) is 1. The maximum absolute atomic E-state index is 10.4. The molecule has 1 aliphatic rings. The van der Waals surface area contributed by atoms with Gasteiger partial charge in [-0.1, -0.05) is 12.5 Å². The van der Waals surface area contributed by atoms with Gasteiger partial charge in [0.15, 0.2) is 0 Å². The third kappa shape index (κ3) is 1.68. The smallest absolute Gasteiger partial charge is 0.259 e. The highest BCUT2D eigenvalue weighted by Gasteiger charge is 2.22. The first-order chi connectivity index (χ1) is 5.15. The summed E-state index contributed by atoms with van der Waals surface area (Å²) < 4.78 is 0.624. The predicted molar refractivity (Wildman–Crippen MR) is 45.9 cm³/mol. The van der Waals surface area contributed by atoms with Crippen molar-refractivity contribution in [1.29, 1.82) is 0 Å². The van der Waals surface area contributed by atoms with Crippen LogP contribution in [0.15, 0.2) is 21.8 Å². The summed E-state index contributed by atoms with van der Waals surface area (Å²) in [4.78, 5) is 10.0. The molecule has 0 radical (unpaired) electrons. The lowest BCUT2D eigenvalue weighted by atomic mass is 10.2. The van der Waals surface area contributed by atoms with Gasteiger partial charge < -0.3 is 0 Å². The van der Waals surface area contributed by atoms with Crippen molar-refractivity contribution in [1.82, 2.24) is 0 Å². The van der Waals surface area contributed by atoms with E-state index >= 15 is 0 Å². The molecular formula is C7H8BrNO2. The van der Waals surface area contributed by atoms with Gasteiger partial charge in [-0.15, -0.1) is 0 Å². The Kier molecular flexibility index (Phi) is 2.44. The van der Waals surface area contributed by atoms with Gasteiger partial charge in [0.05, 0.1) is 15.8 Å². The SMILES string of the molecule is CCC1=CC(Br)=C([N+](=O)[O-])C1. The van der Waals surface area contributed by atoms with Crippen LogP contribution in [0.25, 0.3) is 0 Å². The van der Waals surface area contributed by atoms with Crippen molar-refractivity contribution in [3.05, 3.63) is 31.9 Å². The molecule has 60 valence electrons. The van der Waals surface area contributed by atoms with Crippen LogP contribution in [0.5, 0.6) is 0 Å². The normalized spacial score (nSPS) is 17.1. The molecule has 0 spiro atoms. The van der Waals surface area contributed by atoms with E-state index in [9.17, 15) is 10.1 Å². The van der Waals surface area contributed by atoms with Crippen molar-refractivity contribution >= 4 is 15.9 Å². The van der Waals surface area contributed by atoms with Crippen LogP contribution < -0.4 is 0 Å². The summed E-state index contributed by atoms with van der Waals surface area (Å²) in [5.74, 6) is 0. The minimum absolute atomic E-state index is 0.279. The second-order valence-corrected chi connectivity index (χ2v) is 3.24. The molecule has 0 aromatic rings. The Labute approximate surface area is 73.1 Å². The minimum Gasteiger partial charge on any atom is -0.259 e. The maximum atomic E-state index is 10.4. The zero-order valence-corrected chi connectivity index (χ0v) is 7.72. The van der Waals surface area contributed by atoms with Gasteiger partial charge >= 0.3 is 0 Å². The van der Waals surface area contributed by atoms with Crippen molar-refractivity contribution in [2.45, 2.75) is 19.8 Å². The molecule has 1 aliphatic carbocycles. The Bertz CT molecular complexity index is 255. The molecule has 0 aliphatic heterocycles. The fraction of sp³-hybridized carbons (Fsp3) is 0.429. The van der Waals surface area contributed by atoms with Crippen LogP contribution in [-0.2, 0) is 0 Å². The van der Waals surface area contributed by atoms with E-state index in [2.05, 4.69) is 15.9 Å². The van der Waals surface area contributed by atoms with Crippen LogP contribution in [0.2, 0.25) is 0 Å². The first-order valence-corrected chi connectivity index (χ1v) is 4.17. The molecular weight excluding hydrogens is 210 g/mol. The summed E-state index contributed by atoms with van der Waals surface area (Å²) in [6, 6.07) is 0. The Balaban J connectivity index is 2.78. The molecule has 0 bridgehead atoms. The van der Waals surface area contributed by atoms with E-state index in [-0.39, 0.29) is 10.6 Å². The molecule has 0 saturated carbocycles. The topological polar surface area (TPSA) is 43.1 Å². The summed E-state index contributed by atoms with van der Waals surface area (Å²) in [6.07, 6.45) is 3.20. The molecule has 3 nitrogen and oxygen atoms in total. The molecule has 0 saturated heterocycles. The van der Waals surface area contributed by atoms with Crippen LogP contribution in [0, 0.1) is 10.1 Å². The van der Waals surface area contributed by atoms with Gasteiger partial charge in [0.25, 0.3) is 5.70 Å². The van der Waals surface area contributed by atoms with Crippen LogP contribution in [0.4, 0.5) is 0 Å². The van der Waals surface area contributed by atoms with E-state index in [0.717, 1.165) is 12.0 Å². The molecule has 0 fully saturated rings. The standard InChI is InChI=1S/C7H8BrNO2/c1-2-5-3-6(8)7(4-5)9(10)11/h3H,2,4H2,1H3. The average molecular weight is 218 g/mol. The monoisotopic (exact) mass is 217 g/mol. The average Bonchev–Trinajstić information content (AvgIpc) is 2.30. The lowest BCUT2D eigenvalue weighted by Crippen LogP contribution is -1.96. The van der Waals surface area contributed by atoms with Crippen molar-refractivity contribution in [3.8, 4) is 0 Å². The van der Waals surface area contributed by atoms with E-state index in [1.54, 1.807) is 0 Å². The fourth-order valence-corrected chi connectivity index (χ4v) is 1.60. The van der Waals surface area contributed by atoms with Crippen LogP contribution in [-0.4, -0.2) is 4.92 Å². The zero-order valence-electron chi connectivity index (χ0n) is 6.13. The van der Waals surface area contributed by atoms with Crippen LogP contribution in [0.1, 0.15) is 19.8 Å². The molecule has 0 unspecified atom stereocenters. The van der Waals surface area contributed by atoms with Gasteiger partial charge in [-0.3, -0.25) is 10.1 Å². The Morgan fingerprint density at radius 3 is 2.73 bits per heavy atom. The molecule has 11 heavy (non-hydrogen) atoms. The van der Waals surface area contributed by atoms with Crippen LogP contribution >= 0.6 is 15.9 Å². The summed E-state index contributed by atoms with van der Waals surface area (Å²) in [5, 5.41) is 10.4. The van der Waals surface area contributed by atoms with E-state index in [4.69, 9.17) is 0 Å². The molecule has 0 N–H and O–H groups in total. The van der Waals surface area contributed by atoms with Crippen molar-refractivity contribution in [2.75, 3.05) is 0 Å². The molecule has 0 aromatic heterocycles. The lowest BCUT2D eigenvalue weighted by Gasteiger charge is -1.92. The van der Waals surface area contributed by atoms with Gasteiger partial charge in [-0.2, -0.15) is 0 Å². The fourth-order valence-electron chi connectivity index (χ4n) is 0.992. The lowest BCUT2D eigenvalue weighted by molar-refractivity contribution is -0.426. The molecule has 0 aromatic carbocycles. The van der Waals surface area contributed by atoms with E-state index < -0.39 is 0 Å². The van der Waals surface area contributed by atoms with Gasteiger partial charge in [0.2, 0.25) is 0 Å². The van der Waals surface area contributed by atoms with Crippen molar-refractivity contribution < 1.29 is 4.92 Å². The van der Waals surface area contributed by atoms with Crippen LogP contribution in [0.3, 0.4) is 0 Å². The number of hydrogen-bond acceptors (Lipinski definition) is 2. The third-order valence-corrected chi connectivity index (χ3v) is 2.36. The van der Waals surface area contributed by atoms with Gasteiger partial charge in [0, 0.05) is 0 Å². The van der Waals surface area contributed by atoms with E-state index in [0.29, 0.717) is 10.9 Å². The number of halogens is 1. The third-order valence-electron chi connectivity index (χ3n) is 1.68. The number of allylic oxidation sites excluding steroid dienone is 3. The highest BCUT2D eigenvalue weighted by atomic mass is 79.9. The zero-order chi connectivity index (χ0) is 8.43. The van der Waals surface area contributed by atoms with Crippen molar-refractivity contribution in [2.24, 2.45) is 0 Å². The Hall–Kier alpha value is -0.640. The van der Waals surface area contributed by atoms with E-state index in [1.807, 2.05) is 13.0 Å². The molecule has 0 amide bonds. The summed E-state index contributed by atoms with van der Waals surface area (Å²) >= 11 is 3.15. The van der Waals surface area contributed by atoms with Gasteiger partial charge in [-0.05, 0) is 28.4 Å². The molecule has 1 rings (SSSR count). The highest BCUT2D eigenvalue weighted by Crippen LogP contribution is 2.30. The second kappa shape index (κ2) is 3.17. The largest absolute Gasteiger partial charge is 0.264 e.